The number of nitrogens with one attached hydrogen (secondary N) is 1. The van der Waals surface area contributed by atoms with Crippen molar-refractivity contribution in [2.75, 3.05) is 11.9 Å². The molecule has 0 atom stereocenters. The molecule has 0 aliphatic rings. The first-order valence-corrected chi connectivity index (χ1v) is 8.33. The molecule has 2 aromatic rings. The first-order chi connectivity index (χ1) is 11.3. The zero-order valence-corrected chi connectivity index (χ0v) is 14.9. The highest BCUT2D eigenvalue weighted by Gasteiger charge is 2.16. The number of carbonyl (C=O) groups is 2. The number of rotatable bonds is 4. The van der Waals surface area contributed by atoms with E-state index in [4.69, 9.17) is 9.47 Å². The van der Waals surface area contributed by atoms with Crippen LogP contribution in [0.25, 0.3) is 10.6 Å². The highest BCUT2D eigenvalue weighted by molar-refractivity contribution is 7.16. The van der Waals surface area contributed by atoms with Gasteiger partial charge in [-0.15, -0.1) is 11.3 Å². The molecule has 0 aliphatic carbocycles. The fraction of sp³-hybridized carbons (Fsp3) is 0.353. The van der Waals surface area contributed by atoms with Crippen LogP contribution in [0.15, 0.2) is 30.5 Å². The van der Waals surface area contributed by atoms with Gasteiger partial charge in [0.15, 0.2) is 0 Å². The van der Waals surface area contributed by atoms with Gasteiger partial charge in [0, 0.05) is 11.3 Å². The SMILES string of the molecule is CCOC(=O)c1cnc(-c2ccc(NC(=O)OC(C)(C)C)cc2)s1. The normalized spacial score (nSPS) is 11.0. The maximum atomic E-state index is 11.7. The maximum Gasteiger partial charge on any atom is 0.412 e. The van der Waals surface area contributed by atoms with Crippen molar-refractivity contribution in [3.05, 3.63) is 35.3 Å². The van der Waals surface area contributed by atoms with Crippen LogP contribution < -0.4 is 5.32 Å². The predicted molar refractivity (Wildman–Crippen MR) is 93.4 cm³/mol. The second-order valence-electron chi connectivity index (χ2n) is 5.95. The molecule has 0 saturated carbocycles. The van der Waals surface area contributed by atoms with Crippen molar-refractivity contribution in [1.29, 1.82) is 0 Å². The standard InChI is InChI=1S/C17H20N2O4S/c1-5-22-15(20)13-10-18-14(24-13)11-6-8-12(9-7-11)19-16(21)23-17(2,3)4/h6-10H,5H2,1-4H3,(H,19,21). The quantitative estimate of drug-likeness (QED) is 0.832. The van der Waals surface area contributed by atoms with Gasteiger partial charge in [-0.1, -0.05) is 0 Å². The van der Waals surface area contributed by atoms with Crippen molar-refractivity contribution < 1.29 is 19.1 Å². The molecule has 0 bridgehead atoms. The van der Waals surface area contributed by atoms with Gasteiger partial charge in [0.25, 0.3) is 0 Å². The fourth-order valence-corrected chi connectivity index (χ4v) is 2.64. The molecule has 1 aromatic carbocycles. The summed E-state index contributed by atoms with van der Waals surface area (Å²) in [4.78, 5) is 28.1. The zero-order chi connectivity index (χ0) is 17.7. The molecular formula is C17H20N2O4S. The fourth-order valence-electron chi connectivity index (χ4n) is 1.82. The van der Waals surface area contributed by atoms with Crippen LogP contribution in [-0.4, -0.2) is 29.3 Å². The highest BCUT2D eigenvalue weighted by atomic mass is 32.1. The number of nitrogens with zero attached hydrogens (tertiary/aromatic N) is 1. The number of esters is 1. The molecule has 1 N–H and O–H groups in total. The molecular weight excluding hydrogens is 328 g/mol. The number of anilines is 1. The Morgan fingerprint density at radius 3 is 2.46 bits per heavy atom. The van der Waals surface area contributed by atoms with Crippen LogP contribution >= 0.6 is 11.3 Å². The summed E-state index contributed by atoms with van der Waals surface area (Å²) in [5.74, 6) is -0.371. The Labute approximate surface area is 144 Å². The monoisotopic (exact) mass is 348 g/mol. The van der Waals surface area contributed by atoms with Gasteiger partial charge in [-0.25, -0.2) is 14.6 Å². The van der Waals surface area contributed by atoms with E-state index in [0.717, 1.165) is 5.56 Å². The summed E-state index contributed by atoms with van der Waals surface area (Å²) in [6.07, 6.45) is 0.999. The van der Waals surface area contributed by atoms with E-state index in [0.29, 0.717) is 22.2 Å². The minimum atomic E-state index is -0.547. The van der Waals surface area contributed by atoms with E-state index < -0.39 is 11.7 Å². The van der Waals surface area contributed by atoms with Crippen LogP contribution in [0.1, 0.15) is 37.4 Å². The van der Waals surface area contributed by atoms with E-state index >= 15 is 0 Å². The Kier molecular flexibility index (Phi) is 5.56. The molecule has 0 saturated heterocycles. The number of benzene rings is 1. The highest BCUT2D eigenvalue weighted by Crippen LogP contribution is 2.27. The number of hydrogen-bond donors (Lipinski definition) is 1. The second-order valence-corrected chi connectivity index (χ2v) is 6.99. The van der Waals surface area contributed by atoms with E-state index in [2.05, 4.69) is 10.3 Å². The van der Waals surface area contributed by atoms with Gasteiger partial charge in [-0.3, -0.25) is 5.32 Å². The number of thiazole rings is 1. The van der Waals surface area contributed by atoms with Crippen molar-refractivity contribution in [3.8, 4) is 10.6 Å². The molecule has 128 valence electrons. The summed E-state index contributed by atoms with van der Waals surface area (Å²) in [5, 5.41) is 3.38. The summed E-state index contributed by atoms with van der Waals surface area (Å²) in [6.45, 7) is 7.51. The molecule has 0 spiro atoms. The molecule has 2 rings (SSSR count). The van der Waals surface area contributed by atoms with E-state index in [9.17, 15) is 9.59 Å². The lowest BCUT2D eigenvalue weighted by Gasteiger charge is -2.19. The van der Waals surface area contributed by atoms with Gasteiger partial charge in [0.2, 0.25) is 0 Å². The predicted octanol–water partition coefficient (Wildman–Crippen LogP) is 4.33. The van der Waals surface area contributed by atoms with Crippen LogP contribution in [0.2, 0.25) is 0 Å². The van der Waals surface area contributed by atoms with Gasteiger partial charge in [0.05, 0.1) is 12.8 Å². The van der Waals surface area contributed by atoms with Crippen LogP contribution in [0.5, 0.6) is 0 Å². The Balaban J connectivity index is 2.04. The number of hydrogen-bond acceptors (Lipinski definition) is 6. The van der Waals surface area contributed by atoms with Crippen molar-refractivity contribution in [2.45, 2.75) is 33.3 Å². The lowest BCUT2D eigenvalue weighted by Crippen LogP contribution is -2.27. The minimum Gasteiger partial charge on any atom is -0.462 e. The van der Waals surface area contributed by atoms with Crippen molar-refractivity contribution in [2.24, 2.45) is 0 Å². The molecule has 24 heavy (non-hydrogen) atoms. The van der Waals surface area contributed by atoms with Gasteiger partial charge in [-0.05, 0) is 52.0 Å². The molecule has 0 unspecified atom stereocenters. The molecule has 6 nitrogen and oxygen atoms in total. The van der Waals surface area contributed by atoms with E-state index in [1.165, 1.54) is 17.5 Å². The van der Waals surface area contributed by atoms with Crippen LogP contribution in [-0.2, 0) is 9.47 Å². The topological polar surface area (TPSA) is 77.5 Å². The van der Waals surface area contributed by atoms with Crippen LogP contribution in [0.4, 0.5) is 10.5 Å². The van der Waals surface area contributed by atoms with Crippen molar-refractivity contribution >= 4 is 29.1 Å². The third-order valence-corrected chi connectivity index (χ3v) is 3.79. The Morgan fingerprint density at radius 1 is 1.21 bits per heavy atom. The van der Waals surface area contributed by atoms with E-state index in [1.807, 2.05) is 12.1 Å². The summed E-state index contributed by atoms with van der Waals surface area (Å²) >= 11 is 1.26. The number of ether oxygens (including phenoxy) is 2. The Bertz CT molecular complexity index is 717. The summed E-state index contributed by atoms with van der Waals surface area (Å²) < 4.78 is 10.1. The molecule has 1 aromatic heterocycles. The Morgan fingerprint density at radius 2 is 1.88 bits per heavy atom. The van der Waals surface area contributed by atoms with Gasteiger partial charge in [-0.2, -0.15) is 0 Å². The molecule has 0 fully saturated rings. The molecule has 0 aliphatic heterocycles. The minimum absolute atomic E-state index is 0.330. The average Bonchev–Trinajstić information content (AvgIpc) is 2.96. The third kappa shape index (κ3) is 5.06. The van der Waals surface area contributed by atoms with Crippen LogP contribution in [0.3, 0.4) is 0 Å². The van der Waals surface area contributed by atoms with Crippen molar-refractivity contribution in [1.82, 2.24) is 4.98 Å². The first-order valence-electron chi connectivity index (χ1n) is 7.52. The largest absolute Gasteiger partial charge is 0.462 e. The van der Waals surface area contributed by atoms with Gasteiger partial charge in [0.1, 0.15) is 15.5 Å². The summed E-state index contributed by atoms with van der Waals surface area (Å²) in [5.41, 5.74) is 0.925. The second kappa shape index (κ2) is 7.44. The number of amides is 1. The molecule has 0 radical (unpaired) electrons. The lowest BCUT2D eigenvalue weighted by molar-refractivity contribution is 0.0531. The zero-order valence-electron chi connectivity index (χ0n) is 14.1. The van der Waals surface area contributed by atoms with Crippen molar-refractivity contribution in [3.63, 3.8) is 0 Å². The molecule has 1 amide bonds. The third-order valence-electron chi connectivity index (χ3n) is 2.76. The van der Waals surface area contributed by atoms with Gasteiger partial charge < -0.3 is 9.47 Å². The van der Waals surface area contributed by atoms with Gasteiger partial charge >= 0.3 is 12.1 Å². The maximum absolute atomic E-state index is 11.7. The number of aromatic nitrogens is 1. The smallest absolute Gasteiger partial charge is 0.412 e. The summed E-state index contributed by atoms with van der Waals surface area (Å²) in [6, 6.07) is 7.15. The molecule has 7 heteroatoms. The first kappa shape index (κ1) is 17.9. The summed E-state index contributed by atoms with van der Waals surface area (Å²) in [7, 11) is 0. The number of carbonyl (C=O) groups excluding carboxylic acids is 2. The van der Waals surface area contributed by atoms with Crippen LogP contribution in [0, 0.1) is 0 Å². The Hall–Kier alpha value is -2.41. The van der Waals surface area contributed by atoms with E-state index in [-0.39, 0.29) is 5.97 Å². The average molecular weight is 348 g/mol. The van der Waals surface area contributed by atoms with E-state index in [1.54, 1.807) is 39.8 Å². The lowest BCUT2D eigenvalue weighted by atomic mass is 10.2. The molecule has 1 heterocycles.